The Hall–Kier alpha value is -3.32. The second kappa shape index (κ2) is 9.75. The molecular formula is C28H29N. The zero-order valence-corrected chi connectivity index (χ0v) is 17.6. The fourth-order valence-electron chi connectivity index (χ4n) is 3.21. The standard InChI is InChI=1S/C28H29N/c1-5-22(3)12-15-24(6-2)25-16-20-28(21-17-25)29(26-10-8-7-9-11-26)27-18-13-23(4)14-19-27/h6-21H,3,5H2,1-2,4H3/b15-12-,24-6+. The predicted octanol–water partition coefficient (Wildman–Crippen LogP) is 8.39. The largest absolute Gasteiger partial charge is 0.311 e. The van der Waals surface area contributed by atoms with Crippen LogP contribution in [0.3, 0.4) is 0 Å². The van der Waals surface area contributed by atoms with Crippen molar-refractivity contribution in [2.24, 2.45) is 0 Å². The summed E-state index contributed by atoms with van der Waals surface area (Å²) in [5, 5.41) is 0. The van der Waals surface area contributed by atoms with Crippen LogP contribution in [-0.2, 0) is 0 Å². The fourth-order valence-corrected chi connectivity index (χ4v) is 3.21. The minimum Gasteiger partial charge on any atom is -0.311 e. The minimum atomic E-state index is 0.967. The van der Waals surface area contributed by atoms with Gasteiger partial charge in [-0.15, -0.1) is 0 Å². The van der Waals surface area contributed by atoms with Gasteiger partial charge < -0.3 is 4.90 Å². The van der Waals surface area contributed by atoms with E-state index in [2.05, 4.69) is 129 Å². The molecule has 29 heavy (non-hydrogen) atoms. The van der Waals surface area contributed by atoms with E-state index in [0.29, 0.717) is 0 Å². The van der Waals surface area contributed by atoms with E-state index in [1.807, 2.05) is 0 Å². The summed E-state index contributed by atoms with van der Waals surface area (Å²) in [6.07, 6.45) is 7.36. The molecule has 0 N–H and O–H groups in total. The van der Waals surface area contributed by atoms with Crippen molar-refractivity contribution in [1.29, 1.82) is 0 Å². The monoisotopic (exact) mass is 379 g/mol. The van der Waals surface area contributed by atoms with Crippen LogP contribution in [0.15, 0.2) is 109 Å². The predicted molar refractivity (Wildman–Crippen MR) is 128 cm³/mol. The number of rotatable bonds is 7. The van der Waals surface area contributed by atoms with Crippen molar-refractivity contribution in [1.82, 2.24) is 0 Å². The first-order valence-corrected chi connectivity index (χ1v) is 10.2. The SMILES string of the molecule is C=C(/C=C\C(=C/C)c1ccc(N(c2ccccc2)c2ccc(C)cc2)cc1)CC. The molecule has 0 bridgehead atoms. The summed E-state index contributed by atoms with van der Waals surface area (Å²) >= 11 is 0. The van der Waals surface area contributed by atoms with E-state index in [1.54, 1.807) is 0 Å². The molecule has 0 aliphatic carbocycles. The van der Waals surface area contributed by atoms with Gasteiger partial charge in [-0.25, -0.2) is 0 Å². The van der Waals surface area contributed by atoms with Crippen molar-refractivity contribution in [3.05, 3.63) is 120 Å². The van der Waals surface area contributed by atoms with Crippen LogP contribution in [-0.4, -0.2) is 0 Å². The van der Waals surface area contributed by atoms with E-state index < -0.39 is 0 Å². The lowest BCUT2D eigenvalue weighted by Gasteiger charge is -2.25. The zero-order valence-electron chi connectivity index (χ0n) is 17.6. The topological polar surface area (TPSA) is 3.24 Å². The Labute approximate surface area is 175 Å². The molecule has 1 heteroatoms. The first-order valence-electron chi connectivity index (χ1n) is 10.2. The molecule has 0 saturated carbocycles. The van der Waals surface area contributed by atoms with E-state index in [0.717, 1.165) is 29.1 Å². The van der Waals surface area contributed by atoms with Gasteiger partial charge in [0.05, 0.1) is 0 Å². The Morgan fingerprint density at radius 2 is 1.34 bits per heavy atom. The summed E-state index contributed by atoms with van der Waals surface area (Å²) in [4.78, 5) is 2.29. The van der Waals surface area contributed by atoms with E-state index in [4.69, 9.17) is 0 Å². The quantitative estimate of drug-likeness (QED) is 0.372. The molecule has 0 aliphatic rings. The van der Waals surface area contributed by atoms with Crippen LogP contribution in [0.25, 0.3) is 5.57 Å². The average molecular weight is 380 g/mol. The molecular weight excluding hydrogens is 350 g/mol. The van der Waals surface area contributed by atoms with Crippen molar-refractivity contribution in [2.45, 2.75) is 27.2 Å². The molecule has 146 valence electrons. The lowest BCUT2D eigenvalue weighted by atomic mass is 10.0. The molecule has 0 atom stereocenters. The normalized spacial score (nSPS) is 11.6. The van der Waals surface area contributed by atoms with Crippen molar-refractivity contribution < 1.29 is 0 Å². The third kappa shape index (κ3) is 5.14. The molecule has 3 rings (SSSR count). The maximum absolute atomic E-state index is 4.06. The lowest BCUT2D eigenvalue weighted by Crippen LogP contribution is -2.09. The van der Waals surface area contributed by atoms with Gasteiger partial charge in [0.2, 0.25) is 0 Å². The Morgan fingerprint density at radius 1 is 0.793 bits per heavy atom. The van der Waals surface area contributed by atoms with Gasteiger partial charge in [-0.05, 0) is 67.8 Å². The van der Waals surface area contributed by atoms with Crippen LogP contribution in [0.5, 0.6) is 0 Å². The smallest absolute Gasteiger partial charge is 0.0462 e. The first kappa shape index (κ1) is 20.4. The number of nitrogens with zero attached hydrogens (tertiary/aromatic N) is 1. The second-order valence-electron chi connectivity index (χ2n) is 7.14. The summed E-state index contributed by atoms with van der Waals surface area (Å²) in [7, 11) is 0. The highest BCUT2D eigenvalue weighted by Crippen LogP contribution is 2.35. The molecule has 0 unspecified atom stereocenters. The molecule has 0 saturated heterocycles. The third-order valence-corrected chi connectivity index (χ3v) is 5.03. The number of anilines is 3. The van der Waals surface area contributed by atoms with Gasteiger partial charge in [0.25, 0.3) is 0 Å². The number of benzene rings is 3. The average Bonchev–Trinajstić information content (AvgIpc) is 2.77. The van der Waals surface area contributed by atoms with E-state index in [9.17, 15) is 0 Å². The number of hydrogen-bond acceptors (Lipinski definition) is 1. The number of para-hydroxylation sites is 1. The summed E-state index contributed by atoms with van der Waals surface area (Å²) < 4.78 is 0. The van der Waals surface area contributed by atoms with Crippen LogP contribution in [0.1, 0.15) is 31.4 Å². The molecule has 0 aliphatic heterocycles. The summed E-state index contributed by atoms with van der Waals surface area (Å²) in [6.45, 7) is 10.4. The highest BCUT2D eigenvalue weighted by molar-refractivity contribution is 5.79. The minimum absolute atomic E-state index is 0.967. The maximum atomic E-state index is 4.06. The first-order chi connectivity index (χ1) is 14.1. The molecule has 0 fully saturated rings. The molecule has 3 aromatic rings. The van der Waals surface area contributed by atoms with Crippen molar-refractivity contribution in [3.63, 3.8) is 0 Å². The molecule has 0 aromatic heterocycles. The molecule has 3 aromatic carbocycles. The lowest BCUT2D eigenvalue weighted by molar-refractivity contribution is 1.16. The van der Waals surface area contributed by atoms with Crippen molar-refractivity contribution >= 4 is 22.6 Å². The van der Waals surface area contributed by atoms with Gasteiger partial charge >= 0.3 is 0 Å². The third-order valence-electron chi connectivity index (χ3n) is 5.03. The van der Waals surface area contributed by atoms with Crippen molar-refractivity contribution in [3.8, 4) is 0 Å². The highest BCUT2D eigenvalue weighted by atomic mass is 15.1. The van der Waals surface area contributed by atoms with Crippen molar-refractivity contribution in [2.75, 3.05) is 4.90 Å². The van der Waals surface area contributed by atoms with Crippen LogP contribution < -0.4 is 4.90 Å². The van der Waals surface area contributed by atoms with Gasteiger partial charge in [-0.1, -0.05) is 85.3 Å². The summed E-state index contributed by atoms with van der Waals surface area (Å²) in [5.41, 5.74) is 8.24. The number of allylic oxidation sites excluding steroid dienone is 5. The Bertz CT molecular complexity index is 990. The van der Waals surface area contributed by atoms with Gasteiger partial charge in [0.15, 0.2) is 0 Å². The van der Waals surface area contributed by atoms with Gasteiger partial charge in [-0.3, -0.25) is 0 Å². The Balaban J connectivity index is 1.96. The second-order valence-corrected chi connectivity index (χ2v) is 7.14. The molecule has 0 amide bonds. The molecule has 0 heterocycles. The van der Waals surface area contributed by atoms with E-state index >= 15 is 0 Å². The zero-order chi connectivity index (χ0) is 20.6. The van der Waals surface area contributed by atoms with Crippen LogP contribution in [0.2, 0.25) is 0 Å². The Morgan fingerprint density at radius 3 is 1.90 bits per heavy atom. The summed E-state index contributed by atoms with van der Waals surface area (Å²) in [6, 6.07) is 27.9. The highest BCUT2D eigenvalue weighted by Gasteiger charge is 2.12. The maximum Gasteiger partial charge on any atom is 0.0462 e. The van der Waals surface area contributed by atoms with Crippen LogP contribution >= 0.6 is 0 Å². The summed E-state index contributed by atoms with van der Waals surface area (Å²) in [5.74, 6) is 0. The van der Waals surface area contributed by atoms with E-state index in [1.165, 1.54) is 16.7 Å². The fraction of sp³-hybridized carbons (Fsp3) is 0.143. The Kier molecular flexibility index (Phi) is 6.86. The number of hydrogen-bond donors (Lipinski definition) is 0. The molecule has 0 spiro atoms. The van der Waals surface area contributed by atoms with E-state index in [-0.39, 0.29) is 0 Å². The van der Waals surface area contributed by atoms with Gasteiger partial charge in [-0.2, -0.15) is 0 Å². The molecule has 0 radical (unpaired) electrons. The van der Waals surface area contributed by atoms with Crippen LogP contribution in [0, 0.1) is 6.92 Å². The molecule has 1 nitrogen and oxygen atoms in total. The van der Waals surface area contributed by atoms with Gasteiger partial charge in [0, 0.05) is 17.1 Å². The van der Waals surface area contributed by atoms with Crippen LogP contribution in [0.4, 0.5) is 17.1 Å². The van der Waals surface area contributed by atoms with Gasteiger partial charge in [0.1, 0.15) is 0 Å². The number of aryl methyl sites for hydroxylation is 1.